The van der Waals surface area contributed by atoms with E-state index in [-0.39, 0.29) is 19.4 Å². The third-order valence-corrected chi connectivity index (χ3v) is 9.70. The predicted molar refractivity (Wildman–Crippen MR) is 100 cm³/mol. The van der Waals surface area contributed by atoms with Gasteiger partial charge in [0.2, 0.25) is 0 Å². The van der Waals surface area contributed by atoms with Crippen LogP contribution in [0.4, 0.5) is 0 Å². The molecule has 0 aliphatic rings. The van der Waals surface area contributed by atoms with Crippen molar-refractivity contribution in [1.82, 2.24) is 4.98 Å². The molecule has 3 rings (SSSR count). The van der Waals surface area contributed by atoms with E-state index < -0.39 is 10.0 Å². The van der Waals surface area contributed by atoms with Gasteiger partial charge in [0.05, 0.1) is 0 Å². The Morgan fingerprint density at radius 3 is 2.40 bits per heavy atom. The van der Waals surface area contributed by atoms with Gasteiger partial charge in [-0.1, -0.05) is 0 Å². The molecule has 0 bridgehead atoms. The van der Waals surface area contributed by atoms with Crippen molar-refractivity contribution in [3.63, 3.8) is 0 Å². The van der Waals surface area contributed by atoms with Crippen LogP contribution in [0.3, 0.4) is 0 Å². The Balaban J connectivity index is 1.67. The Morgan fingerprint density at radius 1 is 1.12 bits per heavy atom. The van der Waals surface area contributed by atoms with Crippen LogP contribution in [-0.2, 0) is 15.3 Å². The fraction of sp³-hybridized carbons (Fsp3) is 0.118. The van der Waals surface area contributed by atoms with E-state index in [4.69, 9.17) is 9.88 Å². The van der Waals surface area contributed by atoms with E-state index in [0.29, 0.717) is 15.0 Å². The molecule has 1 heterocycles. The Bertz CT molecular complexity index is 952. The first kappa shape index (κ1) is 18.4. The number of nitrogens with zero attached hydrogens (tertiary/aromatic N) is 1. The molecule has 3 aromatic rings. The molecule has 2 aromatic carbocycles. The third kappa shape index (κ3) is 4.82. The van der Waals surface area contributed by atoms with Crippen LogP contribution in [-0.4, -0.2) is 50.0 Å². The van der Waals surface area contributed by atoms with Crippen molar-refractivity contribution in [2.45, 2.75) is 10.2 Å². The molecule has 0 aliphatic heterocycles. The van der Waals surface area contributed by atoms with Gasteiger partial charge in [0.15, 0.2) is 0 Å². The Hall–Kier alpha value is -1.40. The van der Waals surface area contributed by atoms with Crippen molar-refractivity contribution in [3.05, 3.63) is 59.2 Å². The molecular weight excluding hydrogens is 470 g/mol. The number of methoxy groups -OCH3 is 1. The average Bonchev–Trinajstić information content (AvgIpc) is 3.09. The number of hydrogen-bond acceptors (Lipinski definition) is 4. The molecular formula is C17H16N2O3SSe2. The molecule has 25 heavy (non-hydrogen) atoms. The van der Waals surface area contributed by atoms with Gasteiger partial charge in [0.25, 0.3) is 0 Å². The molecule has 8 heteroatoms. The molecule has 0 atom stereocenters. The molecule has 0 saturated heterocycles. The number of ether oxygens (including phenoxy) is 1. The van der Waals surface area contributed by atoms with E-state index in [9.17, 15) is 8.42 Å². The van der Waals surface area contributed by atoms with Crippen LogP contribution in [0, 0.1) is 0 Å². The molecule has 0 amide bonds. The Labute approximate surface area is 159 Å². The summed E-state index contributed by atoms with van der Waals surface area (Å²) in [5, 5.41) is 6.15. The van der Waals surface area contributed by atoms with Gasteiger partial charge in [0.1, 0.15) is 0 Å². The van der Waals surface area contributed by atoms with E-state index in [0.717, 1.165) is 21.2 Å². The van der Waals surface area contributed by atoms with Gasteiger partial charge < -0.3 is 0 Å². The van der Waals surface area contributed by atoms with E-state index >= 15 is 0 Å². The summed E-state index contributed by atoms with van der Waals surface area (Å²) in [6, 6.07) is 14.8. The summed E-state index contributed by atoms with van der Waals surface area (Å²) >= 11 is 0.541. The van der Waals surface area contributed by atoms with Crippen LogP contribution in [0.15, 0.2) is 59.6 Å². The van der Waals surface area contributed by atoms with Crippen molar-refractivity contribution >= 4 is 43.9 Å². The number of primary sulfonamides is 1. The summed E-state index contributed by atoms with van der Waals surface area (Å²) in [5.74, 6) is 0.873. The monoisotopic (exact) mass is 488 g/mol. The maximum atomic E-state index is 11.3. The zero-order valence-corrected chi connectivity index (χ0v) is 17.6. The predicted octanol–water partition coefficient (Wildman–Crippen LogP) is 0.991. The first-order valence-corrected chi connectivity index (χ1v) is 12.6. The average molecular weight is 486 g/mol. The quantitative estimate of drug-likeness (QED) is 0.528. The van der Waals surface area contributed by atoms with Gasteiger partial charge >= 0.3 is 160 Å². The number of benzene rings is 2. The molecule has 2 N–H and O–H groups in total. The van der Waals surface area contributed by atoms with Gasteiger partial charge in [-0.25, -0.2) is 0 Å². The van der Waals surface area contributed by atoms with Crippen LogP contribution in [0.2, 0.25) is 0 Å². The summed E-state index contributed by atoms with van der Waals surface area (Å²) in [7, 11) is -1.99. The fourth-order valence-electron chi connectivity index (χ4n) is 2.12. The van der Waals surface area contributed by atoms with Crippen LogP contribution in [0.25, 0.3) is 10.1 Å². The van der Waals surface area contributed by atoms with Crippen LogP contribution >= 0.6 is 0 Å². The van der Waals surface area contributed by atoms with Crippen LogP contribution in [0.5, 0.6) is 5.75 Å². The first-order chi connectivity index (χ1) is 12.0. The molecule has 0 saturated carbocycles. The summed E-state index contributed by atoms with van der Waals surface area (Å²) in [6.45, 7) is 0. The molecule has 0 spiro atoms. The van der Waals surface area contributed by atoms with Gasteiger partial charge in [-0.2, -0.15) is 0 Å². The number of hydrogen-bond donors (Lipinski definition) is 1. The van der Waals surface area contributed by atoms with E-state index in [1.165, 1.54) is 21.0 Å². The molecule has 0 fully saturated rings. The molecule has 0 unspecified atom stereocenters. The van der Waals surface area contributed by atoms with Crippen molar-refractivity contribution < 1.29 is 13.2 Å². The summed E-state index contributed by atoms with van der Waals surface area (Å²) in [5.41, 5.74) is 0.954. The minimum absolute atomic E-state index is 0.123. The van der Waals surface area contributed by atoms with Gasteiger partial charge in [-0.05, 0) is 0 Å². The molecule has 130 valence electrons. The summed E-state index contributed by atoms with van der Waals surface area (Å²) < 4.78 is 31.5. The van der Waals surface area contributed by atoms with Crippen LogP contribution < -0.4 is 14.3 Å². The van der Waals surface area contributed by atoms with E-state index in [1.807, 2.05) is 18.3 Å². The third-order valence-electron chi connectivity index (χ3n) is 3.42. The molecule has 1 aromatic heterocycles. The van der Waals surface area contributed by atoms with Crippen molar-refractivity contribution in [2.75, 3.05) is 7.11 Å². The van der Waals surface area contributed by atoms with E-state index in [1.54, 1.807) is 19.2 Å². The second-order valence-electron chi connectivity index (χ2n) is 5.17. The number of nitrogens with two attached hydrogens (primary N) is 1. The van der Waals surface area contributed by atoms with Crippen LogP contribution in [0.1, 0.15) is 4.44 Å². The zero-order valence-electron chi connectivity index (χ0n) is 13.4. The first-order valence-electron chi connectivity index (χ1n) is 7.30. The molecule has 5 nitrogen and oxygen atoms in total. The zero-order chi connectivity index (χ0) is 17.9. The van der Waals surface area contributed by atoms with Gasteiger partial charge in [-0.3, -0.25) is 0 Å². The molecule has 0 aliphatic carbocycles. The van der Waals surface area contributed by atoms with Gasteiger partial charge in [-0.15, -0.1) is 0 Å². The number of sulfonamides is 1. The standard InChI is InChI=1S/C17H16N2O3SSe2/c1-22-13-4-8-15(9-5-13)24-11-16-10-19-17(25-16)12-2-6-14(7-3-12)23(18,20)21/h2-10H,11H2,1H3,(H2,18,20,21). The number of aromatic nitrogens is 1. The van der Waals surface area contributed by atoms with Crippen molar-refractivity contribution in [3.8, 4) is 15.9 Å². The van der Waals surface area contributed by atoms with E-state index in [2.05, 4.69) is 17.1 Å². The fourth-order valence-corrected chi connectivity index (χ4v) is 7.04. The topological polar surface area (TPSA) is 82.3 Å². The summed E-state index contributed by atoms with van der Waals surface area (Å²) in [4.78, 5) is 4.63. The summed E-state index contributed by atoms with van der Waals surface area (Å²) in [6.07, 6.45) is 1.95. The molecule has 0 radical (unpaired) electrons. The normalized spacial score (nSPS) is 11.4. The Kier molecular flexibility index (Phi) is 5.79. The second kappa shape index (κ2) is 7.87. The maximum absolute atomic E-state index is 11.3. The number of rotatable bonds is 6. The Morgan fingerprint density at radius 2 is 1.80 bits per heavy atom. The SMILES string of the molecule is COc1ccc([Se]Cc2cnc(-c3ccc(S(N)(=O)=O)cc3)[se]2)cc1. The van der Waals surface area contributed by atoms with Crippen molar-refractivity contribution in [1.29, 1.82) is 0 Å². The second-order valence-corrected chi connectivity index (χ2v) is 11.3. The van der Waals surface area contributed by atoms with Crippen molar-refractivity contribution in [2.24, 2.45) is 5.14 Å². The minimum atomic E-state index is -3.65. The van der Waals surface area contributed by atoms with Gasteiger partial charge in [0, 0.05) is 0 Å².